The van der Waals surface area contributed by atoms with Crippen molar-refractivity contribution in [3.05, 3.63) is 96.6 Å². The highest BCUT2D eigenvalue weighted by Crippen LogP contribution is 2.28. The number of hydrazine groups is 1. The number of carbonyl (C=O) groups is 2. The first-order valence-corrected chi connectivity index (χ1v) is 10.3. The van der Waals surface area contributed by atoms with Crippen LogP contribution in [0.1, 0.15) is 22.2 Å². The van der Waals surface area contributed by atoms with Crippen molar-refractivity contribution in [1.82, 2.24) is 24.8 Å². The van der Waals surface area contributed by atoms with Crippen LogP contribution in [0.3, 0.4) is 0 Å². The first-order valence-electron chi connectivity index (χ1n) is 10.3. The highest BCUT2D eigenvalue weighted by molar-refractivity contribution is 6.45. The van der Waals surface area contributed by atoms with Crippen molar-refractivity contribution in [3.8, 4) is 0 Å². The first-order chi connectivity index (χ1) is 15.7. The van der Waals surface area contributed by atoms with E-state index >= 15 is 0 Å². The molecule has 1 aromatic carbocycles. The molecular weight excluding hydrogens is 404 g/mol. The number of nitrogens with zero attached hydrogens (tertiary/aromatic N) is 4. The molecular formula is C24H18N6O2. The van der Waals surface area contributed by atoms with Gasteiger partial charge in [-0.15, -0.1) is 0 Å². The lowest BCUT2D eigenvalue weighted by atomic mass is 10.00. The quantitative estimate of drug-likeness (QED) is 0.487. The third kappa shape index (κ3) is 2.77. The fraction of sp³-hybridized carbons (Fsp3) is 0.0833. The lowest BCUT2D eigenvalue weighted by Crippen LogP contribution is -2.47. The molecule has 2 N–H and O–H groups in total. The summed E-state index contributed by atoms with van der Waals surface area (Å²) in [6.45, 7) is 0. The molecule has 0 saturated carbocycles. The topological polar surface area (TPSA) is 92.8 Å². The fourth-order valence-corrected chi connectivity index (χ4v) is 4.33. The number of rotatable bonds is 2. The molecule has 4 aromatic rings. The van der Waals surface area contributed by atoms with Crippen LogP contribution in [-0.4, -0.2) is 37.5 Å². The van der Waals surface area contributed by atoms with Gasteiger partial charge in [-0.05, 0) is 36.4 Å². The zero-order chi connectivity index (χ0) is 21.7. The lowest BCUT2D eigenvalue weighted by Gasteiger charge is -2.29. The third-order valence-corrected chi connectivity index (χ3v) is 5.78. The Labute approximate surface area is 182 Å². The predicted octanol–water partition coefficient (Wildman–Crippen LogP) is 2.59. The maximum atomic E-state index is 13.0. The number of aliphatic imine (C=N–C) groups is 1. The second-order valence-electron chi connectivity index (χ2n) is 7.65. The molecule has 3 aromatic heterocycles. The molecule has 0 fully saturated rings. The highest BCUT2D eigenvalue weighted by Gasteiger charge is 2.31. The molecule has 8 heteroatoms. The van der Waals surface area contributed by atoms with Crippen molar-refractivity contribution in [2.75, 3.05) is 0 Å². The van der Waals surface area contributed by atoms with Gasteiger partial charge < -0.3 is 8.97 Å². The average Bonchev–Trinajstić information content (AvgIpc) is 3.51. The van der Waals surface area contributed by atoms with Gasteiger partial charge in [0.05, 0.1) is 34.3 Å². The zero-order valence-corrected chi connectivity index (χ0v) is 16.8. The Balaban J connectivity index is 1.28. The fourth-order valence-electron chi connectivity index (χ4n) is 4.33. The number of hydrogen-bond acceptors (Lipinski definition) is 4. The van der Waals surface area contributed by atoms with E-state index in [1.807, 2.05) is 88.1 Å². The second-order valence-corrected chi connectivity index (χ2v) is 7.65. The van der Waals surface area contributed by atoms with Gasteiger partial charge in [0, 0.05) is 12.4 Å². The van der Waals surface area contributed by atoms with Crippen molar-refractivity contribution in [2.45, 2.75) is 12.1 Å². The largest absolute Gasteiger partial charge is 0.337 e. The van der Waals surface area contributed by atoms with Gasteiger partial charge in [0.2, 0.25) is 0 Å². The number of nitrogens with one attached hydrogen (secondary N) is 2. The third-order valence-electron chi connectivity index (χ3n) is 5.78. The van der Waals surface area contributed by atoms with Crippen LogP contribution in [0.5, 0.6) is 0 Å². The van der Waals surface area contributed by atoms with Gasteiger partial charge in [0.15, 0.2) is 5.69 Å². The number of para-hydroxylation sites is 2. The number of carbonyl (C=O) groups excluding carboxylic acids is 2. The van der Waals surface area contributed by atoms with E-state index in [1.54, 1.807) is 0 Å². The molecule has 1 aliphatic heterocycles. The maximum Gasteiger partial charge on any atom is 0.290 e. The molecule has 2 unspecified atom stereocenters. The zero-order valence-electron chi connectivity index (χ0n) is 16.8. The number of benzene rings is 1. The summed E-state index contributed by atoms with van der Waals surface area (Å²) in [4.78, 5) is 35.0. The van der Waals surface area contributed by atoms with E-state index in [0.29, 0.717) is 16.7 Å². The van der Waals surface area contributed by atoms with Crippen LogP contribution in [0.4, 0.5) is 0 Å². The Morgan fingerprint density at radius 3 is 2.56 bits per heavy atom. The highest BCUT2D eigenvalue weighted by atomic mass is 16.2. The minimum absolute atomic E-state index is 0.0422. The van der Waals surface area contributed by atoms with E-state index in [-0.39, 0.29) is 23.5 Å². The lowest BCUT2D eigenvalue weighted by molar-refractivity contribution is -0.115. The van der Waals surface area contributed by atoms with Crippen LogP contribution in [0.2, 0.25) is 0 Å². The standard InChI is InChI=1S/C24H18N6O2/c31-23(21-19-11-5-13-29(19)17-9-3-1-7-15(17)25-21)27-28-24(32)22-20-12-6-14-30(20)18-10-4-2-8-16(18)26-22/h1-15,17H,(H,27,31)(H,28,32). The molecule has 2 aliphatic rings. The summed E-state index contributed by atoms with van der Waals surface area (Å²) in [5.74, 6) is -0.982. The molecule has 2 amide bonds. The normalized spacial score (nSPS) is 18.8. The van der Waals surface area contributed by atoms with Gasteiger partial charge in [-0.2, -0.15) is 0 Å². The van der Waals surface area contributed by atoms with E-state index in [1.165, 1.54) is 0 Å². The second kappa shape index (κ2) is 7.05. The molecule has 1 aliphatic carbocycles. The summed E-state index contributed by atoms with van der Waals surface area (Å²) in [5, 5.41) is 0. The van der Waals surface area contributed by atoms with E-state index in [0.717, 1.165) is 5.52 Å². The Morgan fingerprint density at radius 1 is 0.844 bits per heavy atom. The van der Waals surface area contributed by atoms with Crippen molar-refractivity contribution in [1.29, 1.82) is 0 Å². The SMILES string of the molecule is O=C(NNC(=O)c1nc2ccccc2n2cccc12)C1=NC2C=CC=CC2n2cccc21. The minimum atomic E-state index is -0.502. The molecule has 8 nitrogen and oxygen atoms in total. The maximum absolute atomic E-state index is 13.0. The van der Waals surface area contributed by atoms with Crippen LogP contribution >= 0.6 is 0 Å². The van der Waals surface area contributed by atoms with Gasteiger partial charge in [-0.3, -0.25) is 25.4 Å². The summed E-state index contributed by atoms with van der Waals surface area (Å²) in [5.41, 5.74) is 8.45. The summed E-state index contributed by atoms with van der Waals surface area (Å²) < 4.78 is 3.92. The molecule has 0 bridgehead atoms. The molecule has 0 spiro atoms. The Morgan fingerprint density at radius 2 is 1.62 bits per heavy atom. The molecule has 6 rings (SSSR count). The van der Waals surface area contributed by atoms with Gasteiger partial charge in [0.25, 0.3) is 11.8 Å². The van der Waals surface area contributed by atoms with Gasteiger partial charge >= 0.3 is 0 Å². The number of allylic oxidation sites excluding steroid dienone is 2. The van der Waals surface area contributed by atoms with E-state index < -0.39 is 11.8 Å². The van der Waals surface area contributed by atoms with Crippen LogP contribution in [0.15, 0.2) is 90.2 Å². The van der Waals surface area contributed by atoms with Crippen LogP contribution in [-0.2, 0) is 4.79 Å². The van der Waals surface area contributed by atoms with E-state index in [4.69, 9.17) is 0 Å². The Hall–Kier alpha value is -4.46. The number of fused-ring (bicyclic) bond motifs is 6. The number of amides is 2. The molecule has 2 atom stereocenters. The Kier molecular flexibility index (Phi) is 4.04. The molecule has 32 heavy (non-hydrogen) atoms. The van der Waals surface area contributed by atoms with Crippen molar-refractivity contribution in [2.24, 2.45) is 4.99 Å². The Bertz CT molecular complexity index is 1490. The predicted molar refractivity (Wildman–Crippen MR) is 120 cm³/mol. The van der Waals surface area contributed by atoms with Crippen LogP contribution in [0, 0.1) is 0 Å². The average molecular weight is 422 g/mol. The summed E-state index contributed by atoms with van der Waals surface area (Å²) in [6, 6.07) is 14.8. The van der Waals surface area contributed by atoms with Gasteiger partial charge in [-0.1, -0.05) is 36.4 Å². The van der Waals surface area contributed by atoms with Crippen LogP contribution in [0.25, 0.3) is 16.6 Å². The van der Waals surface area contributed by atoms with E-state index in [2.05, 4.69) is 26.9 Å². The number of hydrogen-bond donors (Lipinski definition) is 2. The van der Waals surface area contributed by atoms with Crippen molar-refractivity contribution >= 4 is 34.1 Å². The summed E-state index contributed by atoms with van der Waals surface area (Å²) in [6.07, 6.45) is 11.7. The number of aromatic nitrogens is 3. The molecule has 156 valence electrons. The smallest absolute Gasteiger partial charge is 0.290 e. The van der Waals surface area contributed by atoms with Crippen molar-refractivity contribution in [3.63, 3.8) is 0 Å². The van der Waals surface area contributed by atoms with Gasteiger partial charge in [0.1, 0.15) is 5.71 Å². The van der Waals surface area contributed by atoms with Crippen LogP contribution < -0.4 is 10.9 Å². The summed E-state index contributed by atoms with van der Waals surface area (Å²) >= 11 is 0. The molecule has 0 saturated heterocycles. The monoisotopic (exact) mass is 422 g/mol. The van der Waals surface area contributed by atoms with Gasteiger partial charge in [-0.25, -0.2) is 4.98 Å². The summed E-state index contributed by atoms with van der Waals surface area (Å²) in [7, 11) is 0. The molecule has 0 radical (unpaired) electrons. The van der Waals surface area contributed by atoms with Crippen molar-refractivity contribution < 1.29 is 9.59 Å². The first kappa shape index (κ1) is 18.3. The van der Waals surface area contributed by atoms with E-state index in [9.17, 15) is 9.59 Å². The minimum Gasteiger partial charge on any atom is -0.337 e. The molecule has 4 heterocycles.